The summed E-state index contributed by atoms with van der Waals surface area (Å²) in [6.45, 7) is 0.0526. The zero-order valence-corrected chi connectivity index (χ0v) is 10.9. The molecule has 1 amide bonds. The van der Waals surface area contributed by atoms with Crippen molar-refractivity contribution < 1.29 is 19.0 Å². The van der Waals surface area contributed by atoms with Gasteiger partial charge in [0.2, 0.25) is 0 Å². The number of benzene rings is 2. The van der Waals surface area contributed by atoms with Crippen LogP contribution in [0, 0.1) is 5.82 Å². The number of rotatable bonds is 4. The Morgan fingerprint density at radius 1 is 1.30 bits per heavy atom. The Bertz CT molecular complexity index is 628. The van der Waals surface area contributed by atoms with Gasteiger partial charge in [0.25, 0.3) is 5.91 Å². The first-order valence-corrected chi connectivity index (χ1v) is 6.00. The van der Waals surface area contributed by atoms with E-state index in [0.717, 1.165) is 0 Å². The van der Waals surface area contributed by atoms with Crippen molar-refractivity contribution in [1.82, 2.24) is 5.32 Å². The van der Waals surface area contributed by atoms with Crippen LogP contribution in [0.1, 0.15) is 15.9 Å². The summed E-state index contributed by atoms with van der Waals surface area (Å²) in [5.41, 5.74) is 0.496. The third kappa shape index (κ3) is 3.06. The molecule has 0 saturated heterocycles. The fourth-order valence-corrected chi connectivity index (χ4v) is 1.74. The van der Waals surface area contributed by atoms with E-state index in [4.69, 9.17) is 4.74 Å². The highest BCUT2D eigenvalue weighted by Crippen LogP contribution is 2.23. The van der Waals surface area contributed by atoms with Crippen LogP contribution >= 0.6 is 0 Å². The molecule has 0 saturated carbocycles. The number of nitrogens with one attached hydrogen (secondary N) is 1. The van der Waals surface area contributed by atoms with Gasteiger partial charge in [-0.05, 0) is 18.2 Å². The van der Waals surface area contributed by atoms with Crippen molar-refractivity contribution in [2.75, 3.05) is 7.11 Å². The van der Waals surface area contributed by atoms with Crippen molar-refractivity contribution in [3.8, 4) is 11.5 Å². The molecule has 20 heavy (non-hydrogen) atoms. The lowest BCUT2D eigenvalue weighted by Gasteiger charge is -2.08. The van der Waals surface area contributed by atoms with E-state index in [2.05, 4.69) is 5.32 Å². The minimum atomic E-state index is -0.478. The molecule has 4 nitrogen and oxygen atoms in total. The Kier molecular flexibility index (Phi) is 4.20. The first kappa shape index (κ1) is 13.9. The predicted molar refractivity (Wildman–Crippen MR) is 72.2 cm³/mol. The highest BCUT2D eigenvalue weighted by molar-refractivity contribution is 5.96. The summed E-state index contributed by atoms with van der Waals surface area (Å²) in [5.74, 6) is -0.594. The molecule has 0 aliphatic heterocycles. The summed E-state index contributed by atoms with van der Waals surface area (Å²) in [6, 6.07) is 10.5. The Balaban J connectivity index is 2.07. The maximum atomic E-state index is 13.4. The maximum Gasteiger partial charge on any atom is 0.255 e. The Hall–Kier alpha value is -2.56. The van der Waals surface area contributed by atoms with Gasteiger partial charge >= 0.3 is 0 Å². The summed E-state index contributed by atoms with van der Waals surface area (Å²) < 4.78 is 18.3. The molecule has 0 atom stereocenters. The van der Waals surface area contributed by atoms with Crippen LogP contribution in [0.2, 0.25) is 0 Å². The quantitative estimate of drug-likeness (QED) is 0.901. The smallest absolute Gasteiger partial charge is 0.255 e. The fourth-order valence-electron chi connectivity index (χ4n) is 1.74. The van der Waals surface area contributed by atoms with Gasteiger partial charge in [-0.15, -0.1) is 0 Å². The van der Waals surface area contributed by atoms with Gasteiger partial charge in [0.05, 0.1) is 12.7 Å². The second-order valence-electron chi connectivity index (χ2n) is 4.16. The van der Waals surface area contributed by atoms with Crippen molar-refractivity contribution in [3.63, 3.8) is 0 Å². The number of phenols is 1. The van der Waals surface area contributed by atoms with Crippen molar-refractivity contribution in [1.29, 1.82) is 0 Å². The van der Waals surface area contributed by atoms with Gasteiger partial charge in [0, 0.05) is 18.2 Å². The molecule has 104 valence electrons. The van der Waals surface area contributed by atoms with Crippen molar-refractivity contribution in [2.45, 2.75) is 6.54 Å². The summed E-state index contributed by atoms with van der Waals surface area (Å²) >= 11 is 0. The number of methoxy groups -OCH3 is 1. The summed E-state index contributed by atoms with van der Waals surface area (Å²) in [6.07, 6.45) is 0. The predicted octanol–water partition coefficient (Wildman–Crippen LogP) is 2.47. The molecule has 0 heterocycles. The van der Waals surface area contributed by atoms with E-state index in [0.29, 0.717) is 11.3 Å². The zero-order chi connectivity index (χ0) is 14.5. The normalized spacial score (nSPS) is 10.1. The lowest BCUT2D eigenvalue weighted by atomic mass is 10.1. The SMILES string of the molecule is COc1ccc(C(=O)NCc2ccccc2F)c(O)c1. The van der Waals surface area contributed by atoms with Crippen LogP contribution in [0.15, 0.2) is 42.5 Å². The van der Waals surface area contributed by atoms with Crippen LogP contribution in [0.25, 0.3) is 0 Å². The highest BCUT2D eigenvalue weighted by atomic mass is 19.1. The van der Waals surface area contributed by atoms with Gasteiger partial charge in [-0.3, -0.25) is 4.79 Å². The summed E-state index contributed by atoms with van der Waals surface area (Å²) in [7, 11) is 1.46. The highest BCUT2D eigenvalue weighted by Gasteiger charge is 2.12. The number of hydrogen-bond donors (Lipinski definition) is 2. The monoisotopic (exact) mass is 275 g/mol. The second-order valence-corrected chi connectivity index (χ2v) is 4.16. The molecule has 5 heteroatoms. The van der Waals surface area contributed by atoms with Crippen LogP contribution in [0.5, 0.6) is 11.5 Å². The van der Waals surface area contributed by atoms with Crippen molar-refractivity contribution in [3.05, 3.63) is 59.4 Å². The lowest BCUT2D eigenvalue weighted by molar-refractivity contribution is 0.0948. The van der Waals surface area contributed by atoms with E-state index in [1.165, 1.54) is 25.3 Å². The Labute approximate surface area is 115 Å². The Morgan fingerprint density at radius 3 is 2.70 bits per heavy atom. The molecule has 2 N–H and O–H groups in total. The first-order valence-electron chi connectivity index (χ1n) is 6.00. The molecule has 0 aliphatic rings. The molecular weight excluding hydrogens is 261 g/mol. The largest absolute Gasteiger partial charge is 0.507 e. The van der Waals surface area contributed by atoms with Gasteiger partial charge < -0.3 is 15.2 Å². The van der Waals surface area contributed by atoms with Gasteiger partial charge in [-0.2, -0.15) is 0 Å². The number of halogens is 1. The van der Waals surface area contributed by atoms with E-state index in [1.54, 1.807) is 24.3 Å². The topological polar surface area (TPSA) is 58.6 Å². The summed E-state index contributed by atoms with van der Waals surface area (Å²) in [5, 5.41) is 12.3. The number of phenolic OH excluding ortho intramolecular Hbond substituents is 1. The van der Waals surface area contributed by atoms with Crippen LogP contribution in [0.4, 0.5) is 4.39 Å². The van der Waals surface area contributed by atoms with Crippen molar-refractivity contribution >= 4 is 5.91 Å². The average molecular weight is 275 g/mol. The number of carbonyl (C=O) groups is 1. The number of ether oxygens (including phenoxy) is 1. The van der Waals surface area contributed by atoms with E-state index < -0.39 is 5.91 Å². The van der Waals surface area contributed by atoms with Gasteiger partial charge in [0.15, 0.2) is 0 Å². The summed E-state index contributed by atoms with van der Waals surface area (Å²) in [4.78, 5) is 11.9. The molecule has 2 aromatic rings. The first-order chi connectivity index (χ1) is 9.61. The number of aromatic hydroxyl groups is 1. The van der Waals surface area contributed by atoms with E-state index >= 15 is 0 Å². The number of hydrogen-bond acceptors (Lipinski definition) is 3. The zero-order valence-electron chi connectivity index (χ0n) is 10.9. The van der Waals surface area contributed by atoms with Crippen LogP contribution in [-0.2, 0) is 6.54 Å². The number of carbonyl (C=O) groups excluding carboxylic acids is 1. The second kappa shape index (κ2) is 6.06. The maximum absolute atomic E-state index is 13.4. The lowest BCUT2D eigenvalue weighted by Crippen LogP contribution is -2.23. The molecule has 0 radical (unpaired) electrons. The van der Waals surface area contributed by atoms with Crippen LogP contribution in [0.3, 0.4) is 0 Å². The van der Waals surface area contributed by atoms with Crippen molar-refractivity contribution in [2.24, 2.45) is 0 Å². The van der Waals surface area contributed by atoms with E-state index in [1.807, 2.05) is 0 Å². The van der Waals surface area contributed by atoms with Crippen LogP contribution in [-0.4, -0.2) is 18.1 Å². The van der Waals surface area contributed by atoms with Gasteiger partial charge in [0.1, 0.15) is 17.3 Å². The third-order valence-electron chi connectivity index (χ3n) is 2.85. The van der Waals surface area contributed by atoms with Gasteiger partial charge in [-0.25, -0.2) is 4.39 Å². The molecule has 0 aromatic heterocycles. The molecular formula is C15H14FNO3. The van der Waals surface area contributed by atoms with E-state index in [9.17, 15) is 14.3 Å². The molecule has 2 aromatic carbocycles. The van der Waals surface area contributed by atoms with Gasteiger partial charge in [-0.1, -0.05) is 18.2 Å². The molecule has 0 unspecified atom stereocenters. The molecule has 0 spiro atoms. The minimum Gasteiger partial charge on any atom is -0.507 e. The van der Waals surface area contributed by atoms with Crippen LogP contribution < -0.4 is 10.1 Å². The fraction of sp³-hybridized carbons (Fsp3) is 0.133. The Morgan fingerprint density at radius 2 is 2.05 bits per heavy atom. The van der Waals surface area contributed by atoms with E-state index in [-0.39, 0.29) is 23.7 Å². The molecule has 0 bridgehead atoms. The number of amides is 1. The minimum absolute atomic E-state index is 0.0526. The third-order valence-corrected chi connectivity index (χ3v) is 2.85. The molecule has 0 aliphatic carbocycles. The molecule has 0 fully saturated rings. The average Bonchev–Trinajstić information content (AvgIpc) is 2.46. The molecule has 2 rings (SSSR count). The standard InChI is InChI=1S/C15H14FNO3/c1-20-11-6-7-12(14(18)8-11)15(19)17-9-10-4-2-3-5-13(10)16/h2-8,18H,9H2,1H3,(H,17,19).